The number of carbonyl (C=O) groups excluding carboxylic acids is 1. The molecule has 0 aliphatic rings. The molecule has 0 saturated carbocycles. The SMILES string of the molecule is O=C(NCc1ccccc1)c1c(O)c2ccccc2c(=O)n1-c1ccccc1Br. The summed E-state index contributed by atoms with van der Waals surface area (Å²) in [5, 5.41) is 14.4. The molecule has 0 radical (unpaired) electrons. The molecule has 1 amide bonds. The van der Waals surface area contributed by atoms with Crippen LogP contribution in [0.1, 0.15) is 16.1 Å². The molecular weight excluding hydrogens is 432 g/mol. The number of nitrogens with one attached hydrogen (secondary N) is 1. The summed E-state index contributed by atoms with van der Waals surface area (Å²) in [4.78, 5) is 26.4. The topological polar surface area (TPSA) is 71.3 Å². The number of aromatic nitrogens is 1. The smallest absolute Gasteiger partial charge is 0.272 e. The summed E-state index contributed by atoms with van der Waals surface area (Å²) in [5.74, 6) is -0.772. The van der Waals surface area contributed by atoms with Gasteiger partial charge in [0.2, 0.25) is 0 Å². The first-order valence-electron chi connectivity index (χ1n) is 9.01. The predicted molar refractivity (Wildman–Crippen MR) is 117 cm³/mol. The average molecular weight is 449 g/mol. The van der Waals surface area contributed by atoms with E-state index in [0.717, 1.165) is 5.56 Å². The van der Waals surface area contributed by atoms with Crippen molar-refractivity contribution in [3.05, 3.63) is 105 Å². The predicted octanol–water partition coefficient (Wildman–Crippen LogP) is 4.39. The van der Waals surface area contributed by atoms with Crippen LogP contribution < -0.4 is 10.9 Å². The third kappa shape index (κ3) is 3.54. The van der Waals surface area contributed by atoms with Crippen LogP contribution in [-0.4, -0.2) is 15.6 Å². The molecule has 6 heteroatoms. The second kappa shape index (κ2) is 7.93. The zero-order valence-corrected chi connectivity index (χ0v) is 16.9. The lowest BCUT2D eigenvalue weighted by Gasteiger charge is -2.17. The van der Waals surface area contributed by atoms with Crippen LogP contribution in [0.15, 0.2) is 88.1 Å². The number of carbonyl (C=O) groups is 1. The number of hydrogen-bond donors (Lipinski definition) is 2. The first kappa shape index (κ1) is 19.0. The first-order valence-corrected chi connectivity index (χ1v) is 9.81. The van der Waals surface area contributed by atoms with Crippen molar-refractivity contribution in [2.24, 2.45) is 0 Å². The number of hydrogen-bond acceptors (Lipinski definition) is 3. The van der Waals surface area contributed by atoms with Crippen molar-refractivity contribution in [2.45, 2.75) is 6.54 Å². The standard InChI is InChI=1S/C23H17BrN2O3/c24-18-12-6-7-13-19(18)26-20(22(28)25-14-15-8-2-1-3-9-15)21(27)16-10-4-5-11-17(16)23(26)29/h1-13,27H,14H2,(H,25,28). The summed E-state index contributed by atoms with van der Waals surface area (Å²) in [7, 11) is 0. The normalized spacial score (nSPS) is 10.8. The summed E-state index contributed by atoms with van der Waals surface area (Å²) >= 11 is 3.44. The number of aromatic hydroxyl groups is 1. The largest absolute Gasteiger partial charge is 0.505 e. The van der Waals surface area contributed by atoms with Crippen LogP contribution in [0.4, 0.5) is 0 Å². The Hall–Kier alpha value is -3.38. The lowest BCUT2D eigenvalue weighted by molar-refractivity contribution is 0.0940. The van der Waals surface area contributed by atoms with Gasteiger partial charge in [0.15, 0.2) is 11.4 Å². The van der Waals surface area contributed by atoms with E-state index in [9.17, 15) is 14.7 Å². The third-order valence-corrected chi connectivity index (χ3v) is 5.34. The van der Waals surface area contributed by atoms with Gasteiger partial charge in [-0.3, -0.25) is 14.2 Å². The summed E-state index contributed by atoms with van der Waals surface area (Å²) in [6.45, 7) is 0.274. The fourth-order valence-corrected chi connectivity index (χ4v) is 3.73. The minimum atomic E-state index is -0.537. The molecule has 1 aromatic heterocycles. The van der Waals surface area contributed by atoms with E-state index in [-0.39, 0.29) is 23.5 Å². The summed E-state index contributed by atoms with van der Waals surface area (Å²) < 4.78 is 1.89. The monoisotopic (exact) mass is 448 g/mol. The van der Waals surface area contributed by atoms with Crippen LogP contribution in [0.5, 0.6) is 5.75 Å². The molecule has 0 spiro atoms. The van der Waals surface area contributed by atoms with Gasteiger partial charge in [-0.25, -0.2) is 0 Å². The Labute approximate surface area is 175 Å². The zero-order valence-electron chi connectivity index (χ0n) is 15.3. The number of rotatable bonds is 4. The lowest BCUT2D eigenvalue weighted by atomic mass is 10.1. The van der Waals surface area contributed by atoms with Gasteiger partial charge < -0.3 is 10.4 Å². The van der Waals surface area contributed by atoms with Crippen LogP contribution in [0.25, 0.3) is 16.5 Å². The number of amides is 1. The van der Waals surface area contributed by atoms with Crippen molar-refractivity contribution in [3.63, 3.8) is 0 Å². The molecule has 1 heterocycles. The van der Waals surface area contributed by atoms with E-state index in [1.165, 1.54) is 4.57 Å². The molecule has 144 valence electrons. The highest BCUT2D eigenvalue weighted by molar-refractivity contribution is 9.10. The Balaban J connectivity index is 1.91. The van der Waals surface area contributed by atoms with E-state index >= 15 is 0 Å². The van der Waals surface area contributed by atoms with Crippen LogP contribution in [0.3, 0.4) is 0 Å². The van der Waals surface area contributed by atoms with Gasteiger partial charge in [-0.2, -0.15) is 0 Å². The minimum absolute atomic E-state index is 0.100. The highest BCUT2D eigenvalue weighted by atomic mass is 79.9. The molecule has 0 saturated heterocycles. The molecule has 0 atom stereocenters. The van der Waals surface area contributed by atoms with Crippen molar-refractivity contribution in [3.8, 4) is 11.4 Å². The lowest BCUT2D eigenvalue weighted by Crippen LogP contribution is -2.31. The molecule has 29 heavy (non-hydrogen) atoms. The highest BCUT2D eigenvalue weighted by Crippen LogP contribution is 2.30. The number of fused-ring (bicyclic) bond motifs is 1. The van der Waals surface area contributed by atoms with Crippen LogP contribution in [0, 0.1) is 0 Å². The molecule has 2 N–H and O–H groups in total. The van der Waals surface area contributed by atoms with Crippen molar-refractivity contribution in [1.29, 1.82) is 0 Å². The van der Waals surface area contributed by atoms with Crippen molar-refractivity contribution < 1.29 is 9.90 Å². The molecule has 0 bridgehead atoms. The van der Waals surface area contributed by atoms with Gasteiger partial charge in [0.25, 0.3) is 11.5 Å². The second-order valence-corrected chi connectivity index (χ2v) is 7.36. The molecule has 3 aromatic carbocycles. The maximum atomic E-state index is 13.3. The van der Waals surface area contributed by atoms with E-state index in [2.05, 4.69) is 21.2 Å². The molecule has 5 nitrogen and oxygen atoms in total. The number of nitrogens with zero attached hydrogens (tertiary/aromatic N) is 1. The first-order chi connectivity index (χ1) is 14.1. The van der Waals surface area contributed by atoms with Crippen LogP contribution >= 0.6 is 15.9 Å². The maximum absolute atomic E-state index is 13.3. The Morgan fingerprint density at radius 3 is 2.24 bits per heavy atom. The number of pyridine rings is 1. The third-order valence-electron chi connectivity index (χ3n) is 4.67. The van der Waals surface area contributed by atoms with E-state index < -0.39 is 5.91 Å². The Morgan fingerprint density at radius 2 is 1.52 bits per heavy atom. The summed E-state index contributed by atoms with van der Waals surface area (Å²) in [5.41, 5.74) is 0.908. The zero-order chi connectivity index (χ0) is 20.4. The van der Waals surface area contributed by atoms with Crippen molar-refractivity contribution in [1.82, 2.24) is 9.88 Å². The van der Waals surface area contributed by atoms with Gasteiger partial charge in [-0.1, -0.05) is 60.7 Å². The molecule has 4 aromatic rings. The maximum Gasteiger partial charge on any atom is 0.272 e. The van der Waals surface area contributed by atoms with Crippen LogP contribution in [0.2, 0.25) is 0 Å². The van der Waals surface area contributed by atoms with Crippen LogP contribution in [-0.2, 0) is 6.54 Å². The van der Waals surface area contributed by atoms with Gasteiger partial charge in [0.1, 0.15) is 0 Å². The molecule has 0 aliphatic carbocycles. The van der Waals surface area contributed by atoms with Gasteiger partial charge in [0.05, 0.1) is 11.1 Å². The minimum Gasteiger partial charge on any atom is -0.505 e. The molecule has 4 rings (SSSR count). The van der Waals surface area contributed by atoms with Gasteiger partial charge in [-0.05, 0) is 39.7 Å². The van der Waals surface area contributed by atoms with Gasteiger partial charge in [0, 0.05) is 16.4 Å². The quantitative estimate of drug-likeness (QED) is 0.486. The summed E-state index contributed by atoms with van der Waals surface area (Å²) in [6.07, 6.45) is 0. The number of benzene rings is 3. The van der Waals surface area contributed by atoms with E-state index in [0.29, 0.717) is 20.9 Å². The van der Waals surface area contributed by atoms with Gasteiger partial charge >= 0.3 is 0 Å². The molecular formula is C23H17BrN2O3. The van der Waals surface area contributed by atoms with Crippen molar-refractivity contribution in [2.75, 3.05) is 0 Å². The molecule has 0 fully saturated rings. The number of para-hydroxylation sites is 1. The second-order valence-electron chi connectivity index (χ2n) is 6.50. The van der Waals surface area contributed by atoms with E-state index in [1.807, 2.05) is 36.4 Å². The summed E-state index contributed by atoms with van der Waals surface area (Å²) in [6, 6.07) is 23.2. The fourth-order valence-electron chi connectivity index (χ4n) is 3.27. The molecule has 0 unspecified atom stereocenters. The molecule has 0 aliphatic heterocycles. The van der Waals surface area contributed by atoms with Crippen molar-refractivity contribution >= 4 is 32.6 Å². The Kier molecular flexibility index (Phi) is 5.18. The Morgan fingerprint density at radius 1 is 0.897 bits per heavy atom. The van der Waals surface area contributed by atoms with Gasteiger partial charge in [-0.15, -0.1) is 0 Å². The van der Waals surface area contributed by atoms with E-state index in [1.54, 1.807) is 42.5 Å². The number of halogens is 1. The van der Waals surface area contributed by atoms with E-state index in [4.69, 9.17) is 0 Å². The Bertz CT molecular complexity index is 1270. The fraction of sp³-hybridized carbons (Fsp3) is 0.0435. The average Bonchev–Trinajstić information content (AvgIpc) is 2.76. The highest BCUT2D eigenvalue weighted by Gasteiger charge is 2.23.